The van der Waals surface area contributed by atoms with E-state index in [1.165, 1.54) is 11.3 Å². The number of aromatic carboxylic acids is 1. The minimum Gasteiger partial charge on any atom is -0.496 e. The van der Waals surface area contributed by atoms with E-state index in [2.05, 4.69) is 5.32 Å². The minimum absolute atomic E-state index is 0.386. The molecule has 20 heavy (non-hydrogen) atoms. The number of hydrogen-bond acceptors (Lipinski definition) is 4. The summed E-state index contributed by atoms with van der Waals surface area (Å²) in [7, 11) is 1.65. The summed E-state index contributed by atoms with van der Waals surface area (Å²) in [6.45, 7) is 3.27. The summed E-state index contributed by atoms with van der Waals surface area (Å²) >= 11 is 1.31. The van der Waals surface area contributed by atoms with E-state index in [0.717, 1.165) is 21.8 Å². The van der Waals surface area contributed by atoms with Crippen LogP contribution in [0.25, 0.3) is 0 Å². The zero-order valence-electron chi connectivity index (χ0n) is 11.5. The van der Waals surface area contributed by atoms with Crippen molar-refractivity contribution < 1.29 is 14.6 Å². The fourth-order valence-corrected chi connectivity index (χ4v) is 2.86. The lowest BCUT2D eigenvalue weighted by molar-refractivity contribution is 0.0702. The molecule has 4 nitrogen and oxygen atoms in total. The number of hydrogen-bond donors (Lipinski definition) is 2. The Morgan fingerprint density at radius 1 is 1.30 bits per heavy atom. The molecule has 1 aromatic carbocycles. The third kappa shape index (κ3) is 3.37. The van der Waals surface area contributed by atoms with E-state index in [1.54, 1.807) is 13.2 Å². The van der Waals surface area contributed by atoms with Gasteiger partial charge >= 0.3 is 5.97 Å². The first-order valence-corrected chi connectivity index (χ1v) is 7.08. The molecule has 0 radical (unpaired) electrons. The average Bonchev–Trinajstić information content (AvgIpc) is 2.81. The highest BCUT2D eigenvalue weighted by Gasteiger charge is 2.10. The molecule has 2 aromatic rings. The van der Waals surface area contributed by atoms with Crippen molar-refractivity contribution in [3.63, 3.8) is 0 Å². The molecular formula is C15H17NO3S. The topological polar surface area (TPSA) is 58.6 Å². The third-order valence-electron chi connectivity index (χ3n) is 3.05. The van der Waals surface area contributed by atoms with Gasteiger partial charge in [0.25, 0.3) is 0 Å². The number of rotatable bonds is 6. The van der Waals surface area contributed by atoms with Crippen LogP contribution < -0.4 is 10.1 Å². The van der Waals surface area contributed by atoms with Gasteiger partial charge in [0.2, 0.25) is 0 Å². The first-order chi connectivity index (χ1) is 9.61. The van der Waals surface area contributed by atoms with E-state index in [-0.39, 0.29) is 0 Å². The normalized spacial score (nSPS) is 10.5. The van der Waals surface area contributed by atoms with Crippen LogP contribution in [-0.4, -0.2) is 18.2 Å². The second-order valence-electron chi connectivity index (χ2n) is 4.41. The second-order valence-corrected chi connectivity index (χ2v) is 5.67. The Morgan fingerprint density at radius 2 is 2.00 bits per heavy atom. The molecular weight excluding hydrogens is 274 g/mol. The fourth-order valence-electron chi connectivity index (χ4n) is 1.98. The Balaban J connectivity index is 1.97. The summed E-state index contributed by atoms with van der Waals surface area (Å²) in [5.74, 6) is -0.0117. The van der Waals surface area contributed by atoms with Crippen LogP contribution >= 0.6 is 11.3 Å². The summed E-state index contributed by atoms with van der Waals surface area (Å²) in [4.78, 5) is 12.3. The van der Waals surface area contributed by atoms with Crippen LogP contribution in [0.15, 0.2) is 30.3 Å². The molecule has 2 rings (SSSR count). The molecule has 0 saturated heterocycles. The summed E-state index contributed by atoms with van der Waals surface area (Å²) in [5.41, 5.74) is 2.11. The maximum Gasteiger partial charge on any atom is 0.345 e. The molecule has 5 heteroatoms. The molecule has 0 saturated carbocycles. The van der Waals surface area contributed by atoms with E-state index < -0.39 is 5.97 Å². The number of carboxylic acids is 1. The number of carbonyl (C=O) groups is 1. The van der Waals surface area contributed by atoms with Gasteiger partial charge in [-0.25, -0.2) is 4.79 Å². The minimum atomic E-state index is -0.867. The molecule has 0 aliphatic carbocycles. The van der Waals surface area contributed by atoms with Crippen molar-refractivity contribution in [3.05, 3.63) is 51.2 Å². The van der Waals surface area contributed by atoms with E-state index >= 15 is 0 Å². The van der Waals surface area contributed by atoms with Gasteiger partial charge in [-0.15, -0.1) is 11.3 Å². The van der Waals surface area contributed by atoms with Crippen molar-refractivity contribution in [2.24, 2.45) is 0 Å². The molecule has 2 N–H and O–H groups in total. The van der Waals surface area contributed by atoms with E-state index in [1.807, 2.05) is 31.2 Å². The lowest BCUT2D eigenvalue weighted by Crippen LogP contribution is -2.13. The number of ether oxygens (including phenoxy) is 1. The standard InChI is InChI=1S/C15H17NO3S/c1-10-12(7-14(20-10)15(17)18)9-16-8-11-5-3-4-6-13(11)19-2/h3-7,16H,8-9H2,1-2H3,(H,17,18). The number of para-hydroxylation sites is 1. The quantitative estimate of drug-likeness (QED) is 0.859. The van der Waals surface area contributed by atoms with Crippen LogP contribution in [0.3, 0.4) is 0 Å². The zero-order valence-corrected chi connectivity index (χ0v) is 12.3. The lowest BCUT2D eigenvalue weighted by atomic mass is 10.2. The van der Waals surface area contributed by atoms with Gasteiger partial charge in [0.1, 0.15) is 10.6 Å². The molecule has 0 unspecified atom stereocenters. The van der Waals surface area contributed by atoms with Crippen molar-refractivity contribution >= 4 is 17.3 Å². The first kappa shape index (κ1) is 14.6. The van der Waals surface area contributed by atoms with E-state index in [4.69, 9.17) is 9.84 Å². The predicted octanol–water partition coefficient (Wildman–Crippen LogP) is 3.05. The molecule has 0 spiro atoms. The van der Waals surface area contributed by atoms with Crippen molar-refractivity contribution in [1.82, 2.24) is 5.32 Å². The second kappa shape index (κ2) is 6.54. The molecule has 0 amide bonds. The average molecular weight is 291 g/mol. The van der Waals surface area contributed by atoms with Gasteiger partial charge in [-0.05, 0) is 24.6 Å². The highest BCUT2D eigenvalue weighted by Crippen LogP contribution is 2.22. The largest absolute Gasteiger partial charge is 0.496 e. The van der Waals surface area contributed by atoms with Gasteiger partial charge in [0, 0.05) is 23.5 Å². The third-order valence-corrected chi connectivity index (χ3v) is 4.14. The van der Waals surface area contributed by atoms with Gasteiger partial charge < -0.3 is 15.2 Å². The fraction of sp³-hybridized carbons (Fsp3) is 0.267. The predicted molar refractivity (Wildman–Crippen MR) is 79.6 cm³/mol. The van der Waals surface area contributed by atoms with Crippen LogP contribution in [0.1, 0.15) is 25.7 Å². The Kier molecular flexibility index (Phi) is 4.76. The Bertz CT molecular complexity index is 607. The van der Waals surface area contributed by atoms with Crippen LogP contribution in [0.2, 0.25) is 0 Å². The van der Waals surface area contributed by atoms with Gasteiger partial charge in [-0.2, -0.15) is 0 Å². The molecule has 0 fully saturated rings. The maximum absolute atomic E-state index is 10.9. The van der Waals surface area contributed by atoms with Gasteiger partial charge in [0.15, 0.2) is 0 Å². The number of methoxy groups -OCH3 is 1. The van der Waals surface area contributed by atoms with Gasteiger partial charge in [-0.1, -0.05) is 18.2 Å². The van der Waals surface area contributed by atoms with Crippen LogP contribution in [0, 0.1) is 6.92 Å². The highest BCUT2D eigenvalue weighted by atomic mass is 32.1. The summed E-state index contributed by atoms with van der Waals surface area (Å²) in [6.07, 6.45) is 0. The summed E-state index contributed by atoms with van der Waals surface area (Å²) in [6, 6.07) is 9.57. The molecule has 1 aromatic heterocycles. The highest BCUT2D eigenvalue weighted by molar-refractivity contribution is 7.14. The van der Waals surface area contributed by atoms with E-state index in [0.29, 0.717) is 18.0 Å². The molecule has 0 bridgehead atoms. The van der Waals surface area contributed by atoms with E-state index in [9.17, 15) is 4.79 Å². The van der Waals surface area contributed by atoms with Crippen LogP contribution in [-0.2, 0) is 13.1 Å². The molecule has 106 valence electrons. The van der Waals surface area contributed by atoms with Crippen molar-refractivity contribution in [1.29, 1.82) is 0 Å². The number of carboxylic acid groups (broad SMARTS) is 1. The zero-order chi connectivity index (χ0) is 14.5. The van der Waals surface area contributed by atoms with Crippen LogP contribution in [0.5, 0.6) is 5.75 Å². The summed E-state index contributed by atoms with van der Waals surface area (Å²) in [5, 5.41) is 12.3. The molecule has 0 aliphatic heterocycles. The van der Waals surface area contributed by atoms with Gasteiger partial charge in [-0.3, -0.25) is 0 Å². The number of nitrogens with one attached hydrogen (secondary N) is 1. The maximum atomic E-state index is 10.9. The lowest BCUT2D eigenvalue weighted by Gasteiger charge is -2.09. The number of thiophene rings is 1. The SMILES string of the molecule is COc1ccccc1CNCc1cc(C(=O)O)sc1C. The first-order valence-electron chi connectivity index (χ1n) is 6.27. The smallest absolute Gasteiger partial charge is 0.345 e. The molecule has 0 atom stereocenters. The van der Waals surface area contributed by atoms with Crippen molar-refractivity contribution in [2.75, 3.05) is 7.11 Å². The Morgan fingerprint density at radius 3 is 2.65 bits per heavy atom. The number of benzene rings is 1. The summed E-state index contributed by atoms with van der Waals surface area (Å²) < 4.78 is 5.29. The van der Waals surface area contributed by atoms with Crippen LogP contribution in [0.4, 0.5) is 0 Å². The molecule has 0 aliphatic rings. The monoisotopic (exact) mass is 291 g/mol. The number of aryl methyl sites for hydroxylation is 1. The molecule has 1 heterocycles. The van der Waals surface area contributed by atoms with Crippen molar-refractivity contribution in [3.8, 4) is 5.75 Å². The van der Waals surface area contributed by atoms with Gasteiger partial charge in [0.05, 0.1) is 7.11 Å². The van der Waals surface area contributed by atoms with Crippen molar-refractivity contribution in [2.45, 2.75) is 20.0 Å². The Hall–Kier alpha value is -1.85. The Labute approximate surface area is 122 Å².